The summed E-state index contributed by atoms with van der Waals surface area (Å²) in [6.45, 7) is 12.0. The lowest BCUT2D eigenvalue weighted by Crippen LogP contribution is -2.09. The monoisotopic (exact) mass is 456 g/mol. The quantitative estimate of drug-likeness (QED) is 0.447. The number of anilines is 3. The summed E-state index contributed by atoms with van der Waals surface area (Å²) in [6, 6.07) is 13.7. The van der Waals surface area contributed by atoms with Gasteiger partial charge in [0.2, 0.25) is 0 Å². The largest absolute Gasteiger partial charge is 0.378 e. The van der Waals surface area contributed by atoms with E-state index in [9.17, 15) is 0 Å². The lowest BCUT2D eigenvalue weighted by molar-refractivity contribution is 1.07. The number of hydrogen-bond acceptors (Lipinski definition) is 6. The fourth-order valence-corrected chi connectivity index (χ4v) is 1.88. The zero-order chi connectivity index (χ0) is 26.1. The molecule has 0 bridgehead atoms. The van der Waals surface area contributed by atoms with Crippen molar-refractivity contribution in [2.45, 2.75) is 41.5 Å². The van der Waals surface area contributed by atoms with E-state index in [2.05, 4.69) is 15.0 Å². The van der Waals surface area contributed by atoms with E-state index in [1.54, 1.807) is 24.8 Å². The molecule has 0 saturated heterocycles. The molecule has 6 heteroatoms. The van der Waals surface area contributed by atoms with Crippen molar-refractivity contribution in [3.8, 4) is 0 Å². The maximum Gasteiger partial charge on any atom is 0.127 e. The third-order valence-electron chi connectivity index (χ3n) is 3.45. The highest BCUT2D eigenvalue weighted by molar-refractivity contribution is 5.42. The maximum atomic E-state index is 4.10. The predicted octanol–water partition coefficient (Wildman–Crippen LogP) is 6.52. The van der Waals surface area contributed by atoms with Crippen LogP contribution in [-0.2, 0) is 0 Å². The van der Waals surface area contributed by atoms with Crippen molar-refractivity contribution in [1.82, 2.24) is 15.0 Å². The van der Waals surface area contributed by atoms with Gasteiger partial charge in [-0.3, -0.25) is 9.97 Å². The average Bonchev–Trinajstić information content (AvgIpc) is 2.90. The summed E-state index contributed by atoms with van der Waals surface area (Å²) in [6.07, 6.45) is 8.97. The molecule has 0 atom stereocenters. The lowest BCUT2D eigenvalue weighted by Gasteiger charge is -2.10. The first kappa shape index (κ1) is 34.5. The van der Waals surface area contributed by atoms with Gasteiger partial charge in [0.25, 0.3) is 0 Å². The molecular formula is C27H48N6. The van der Waals surface area contributed by atoms with Gasteiger partial charge in [-0.2, -0.15) is 0 Å². The molecule has 186 valence electrons. The molecule has 0 aliphatic rings. The van der Waals surface area contributed by atoms with Gasteiger partial charge in [-0.15, -0.1) is 0 Å². The summed E-state index contributed by atoms with van der Waals surface area (Å²) in [5, 5.41) is 0. The highest BCUT2D eigenvalue weighted by Gasteiger charge is 1.90. The summed E-state index contributed by atoms with van der Waals surface area (Å²) in [7, 11) is 12.0. The Bertz CT molecular complexity index is 614. The Hall–Kier alpha value is -3.15. The maximum absolute atomic E-state index is 4.10. The van der Waals surface area contributed by atoms with E-state index >= 15 is 0 Å². The second-order valence-electron chi connectivity index (χ2n) is 6.29. The number of hydrogen-bond donors (Lipinski definition) is 0. The number of rotatable bonds is 3. The van der Waals surface area contributed by atoms with Crippen LogP contribution < -0.4 is 14.7 Å². The third kappa shape index (κ3) is 19.3. The van der Waals surface area contributed by atoms with Crippen molar-refractivity contribution in [2.24, 2.45) is 0 Å². The summed E-state index contributed by atoms with van der Waals surface area (Å²) < 4.78 is 0. The van der Waals surface area contributed by atoms with Gasteiger partial charge in [-0.1, -0.05) is 47.6 Å². The van der Waals surface area contributed by atoms with Crippen molar-refractivity contribution < 1.29 is 0 Å². The fourth-order valence-electron chi connectivity index (χ4n) is 1.88. The first-order valence-electron chi connectivity index (χ1n) is 11.6. The van der Waals surface area contributed by atoms with Crippen LogP contribution in [0.2, 0.25) is 0 Å². The summed E-state index contributed by atoms with van der Waals surface area (Å²) in [5.41, 5.74) is 2.32. The predicted molar refractivity (Wildman–Crippen MR) is 150 cm³/mol. The van der Waals surface area contributed by atoms with Crippen LogP contribution in [0.25, 0.3) is 0 Å². The van der Waals surface area contributed by atoms with E-state index < -0.39 is 0 Å². The Kier molecular flexibility index (Phi) is 26.2. The first-order chi connectivity index (χ1) is 15.9. The van der Waals surface area contributed by atoms with E-state index in [1.807, 2.05) is 147 Å². The summed E-state index contributed by atoms with van der Waals surface area (Å²) >= 11 is 0. The minimum absolute atomic E-state index is 0.998. The molecule has 0 spiro atoms. The second kappa shape index (κ2) is 25.1. The Morgan fingerprint density at radius 2 is 1.03 bits per heavy atom. The van der Waals surface area contributed by atoms with Crippen LogP contribution in [-0.4, -0.2) is 57.2 Å². The van der Waals surface area contributed by atoms with Crippen molar-refractivity contribution in [3.05, 3.63) is 73.4 Å². The van der Waals surface area contributed by atoms with Crippen LogP contribution >= 0.6 is 0 Å². The molecule has 6 nitrogen and oxygen atoms in total. The molecule has 0 fully saturated rings. The van der Waals surface area contributed by atoms with Gasteiger partial charge >= 0.3 is 0 Å². The zero-order valence-corrected chi connectivity index (χ0v) is 23.1. The molecule has 0 amide bonds. The van der Waals surface area contributed by atoms with E-state index in [0.717, 1.165) is 11.5 Å². The van der Waals surface area contributed by atoms with E-state index in [0.29, 0.717) is 0 Å². The van der Waals surface area contributed by atoms with Crippen LogP contribution in [0.1, 0.15) is 41.5 Å². The Labute approximate surface area is 204 Å². The van der Waals surface area contributed by atoms with Gasteiger partial charge in [-0.05, 0) is 36.4 Å². The summed E-state index contributed by atoms with van der Waals surface area (Å²) in [5.74, 6) is 0.998. The van der Waals surface area contributed by atoms with Crippen LogP contribution in [0.5, 0.6) is 0 Å². The van der Waals surface area contributed by atoms with Gasteiger partial charge < -0.3 is 14.7 Å². The first-order valence-corrected chi connectivity index (χ1v) is 11.6. The molecule has 0 saturated carbocycles. The molecule has 33 heavy (non-hydrogen) atoms. The number of pyridine rings is 3. The van der Waals surface area contributed by atoms with E-state index in [4.69, 9.17) is 0 Å². The summed E-state index contributed by atoms with van der Waals surface area (Å²) in [4.78, 5) is 18.0. The molecule has 0 aliphatic carbocycles. The van der Waals surface area contributed by atoms with Crippen molar-refractivity contribution in [2.75, 3.05) is 57.0 Å². The highest BCUT2D eigenvalue weighted by atomic mass is 15.1. The van der Waals surface area contributed by atoms with Gasteiger partial charge in [0.1, 0.15) is 5.82 Å². The van der Waals surface area contributed by atoms with Crippen molar-refractivity contribution in [3.63, 3.8) is 0 Å². The van der Waals surface area contributed by atoms with Gasteiger partial charge in [-0.25, -0.2) is 4.98 Å². The van der Waals surface area contributed by atoms with Crippen LogP contribution in [0.4, 0.5) is 17.2 Å². The number of aromatic nitrogens is 3. The Morgan fingerprint density at radius 3 is 1.30 bits per heavy atom. The fraction of sp³-hybridized carbons (Fsp3) is 0.444. The molecule has 3 aromatic heterocycles. The highest BCUT2D eigenvalue weighted by Crippen LogP contribution is 2.06. The molecule has 0 N–H and O–H groups in total. The SMILES string of the molecule is CC.CC.CC.CN(C)c1ccccn1.CN(C)c1cccnc1.CN(C)c1ccncc1. The standard InChI is InChI=1S/3C7H10N2.3C2H6/c1-9(2)7-3-5-8-6-4-7;1-9(2)7-4-3-5-8-6-7;1-9(2)7-5-3-4-6-8-7;3*1-2/h3*3-6H,1-2H3;3*1-2H3. The van der Waals surface area contributed by atoms with E-state index in [1.165, 1.54) is 5.69 Å². The van der Waals surface area contributed by atoms with Gasteiger partial charge in [0, 0.05) is 72.8 Å². The minimum atomic E-state index is 0.998. The van der Waals surface area contributed by atoms with Gasteiger partial charge in [0.15, 0.2) is 0 Å². The molecule has 3 heterocycles. The smallest absolute Gasteiger partial charge is 0.127 e. The van der Waals surface area contributed by atoms with Crippen molar-refractivity contribution in [1.29, 1.82) is 0 Å². The third-order valence-corrected chi connectivity index (χ3v) is 3.45. The number of nitrogens with zero attached hydrogens (tertiary/aromatic N) is 6. The molecule has 0 aromatic carbocycles. The van der Waals surface area contributed by atoms with E-state index in [-0.39, 0.29) is 0 Å². The van der Waals surface area contributed by atoms with Crippen LogP contribution in [0, 0.1) is 0 Å². The second-order valence-corrected chi connectivity index (χ2v) is 6.29. The Balaban J connectivity index is -0.000000367. The molecule has 0 unspecified atom stereocenters. The molecule has 0 aliphatic heterocycles. The zero-order valence-electron chi connectivity index (χ0n) is 23.1. The van der Waals surface area contributed by atoms with Crippen LogP contribution in [0.15, 0.2) is 73.4 Å². The average molecular weight is 457 g/mol. The van der Waals surface area contributed by atoms with Crippen LogP contribution in [0.3, 0.4) is 0 Å². The minimum Gasteiger partial charge on any atom is -0.378 e. The topological polar surface area (TPSA) is 48.4 Å². The molecule has 3 rings (SSSR count). The molecule has 0 radical (unpaired) electrons. The Morgan fingerprint density at radius 1 is 0.485 bits per heavy atom. The van der Waals surface area contributed by atoms with Gasteiger partial charge in [0.05, 0.1) is 11.9 Å². The lowest BCUT2D eigenvalue weighted by atomic mass is 10.4. The molecule has 3 aromatic rings. The molecular weight excluding hydrogens is 408 g/mol. The van der Waals surface area contributed by atoms with Crippen molar-refractivity contribution >= 4 is 17.2 Å². The normalized spacial score (nSPS) is 8.00.